The van der Waals surface area contributed by atoms with Crippen molar-refractivity contribution >= 4 is 0 Å². The minimum atomic E-state index is -0.0828. The molecule has 0 spiro atoms. The Hall–Kier alpha value is -2.04. The third-order valence-electron chi connectivity index (χ3n) is 5.36. The Kier molecular flexibility index (Phi) is 7.69. The van der Waals surface area contributed by atoms with E-state index >= 15 is 0 Å². The van der Waals surface area contributed by atoms with Crippen molar-refractivity contribution in [1.82, 2.24) is 0 Å². The molecular formula is C23H32O4. The molecule has 0 aromatic heterocycles. The minimum absolute atomic E-state index is 0.0129. The number of benzene rings is 2. The van der Waals surface area contributed by atoms with Crippen LogP contribution < -0.4 is 9.47 Å². The van der Waals surface area contributed by atoms with Gasteiger partial charge in [0.1, 0.15) is 24.7 Å². The number of ether oxygens (including phenoxy) is 2. The quantitative estimate of drug-likeness (QED) is 0.658. The molecule has 27 heavy (non-hydrogen) atoms. The third-order valence-corrected chi connectivity index (χ3v) is 5.36. The highest BCUT2D eigenvalue weighted by molar-refractivity contribution is 5.48. The molecular weight excluding hydrogens is 340 g/mol. The van der Waals surface area contributed by atoms with E-state index in [4.69, 9.17) is 19.7 Å². The van der Waals surface area contributed by atoms with Gasteiger partial charge in [0, 0.05) is 5.41 Å². The number of rotatable bonds is 10. The van der Waals surface area contributed by atoms with Gasteiger partial charge in [0.2, 0.25) is 0 Å². The van der Waals surface area contributed by atoms with Crippen LogP contribution in [0.15, 0.2) is 36.4 Å². The molecule has 4 nitrogen and oxygen atoms in total. The molecule has 0 unspecified atom stereocenters. The summed E-state index contributed by atoms with van der Waals surface area (Å²) >= 11 is 0. The number of aliphatic hydroxyl groups excluding tert-OH is 2. The van der Waals surface area contributed by atoms with Crippen molar-refractivity contribution in [1.29, 1.82) is 0 Å². The second-order valence-electron chi connectivity index (χ2n) is 6.89. The molecule has 0 aliphatic rings. The number of aryl methyl sites for hydroxylation is 2. The summed E-state index contributed by atoms with van der Waals surface area (Å²) in [5, 5.41) is 18.0. The molecule has 0 atom stereocenters. The standard InChI is InChI=1S/C23H32O4/c1-5-23(6-2,19-7-9-21(17(3)15-19)26-13-11-24)20-8-10-22(18(4)16-20)27-14-12-25/h7-10,15-16,24-25H,5-6,11-14H2,1-4H3. The van der Waals surface area contributed by atoms with Crippen LogP contribution in [0.1, 0.15) is 48.9 Å². The topological polar surface area (TPSA) is 58.9 Å². The first-order valence-electron chi connectivity index (χ1n) is 9.72. The second kappa shape index (κ2) is 9.77. The average Bonchev–Trinajstić information content (AvgIpc) is 2.68. The Labute approximate surface area is 162 Å². The van der Waals surface area contributed by atoms with Crippen LogP contribution in [0.25, 0.3) is 0 Å². The molecule has 148 valence electrons. The molecule has 0 saturated heterocycles. The Bertz CT molecular complexity index is 676. The first-order chi connectivity index (χ1) is 13.0. The van der Waals surface area contributed by atoms with Crippen LogP contribution in [0.3, 0.4) is 0 Å². The summed E-state index contributed by atoms with van der Waals surface area (Å²) < 4.78 is 11.2. The van der Waals surface area contributed by atoms with E-state index in [2.05, 4.69) is 38.1 Å². The number of aliphatic hydroxyl groups is 2. The van der Waals surface area contributed by atoms with Gasteiger partial charge in [0.25, 0.3) is 0 Å². The van der Waals surface area contributed by atoms with Crippen molar-refractivity contribution in [2.75, 3.05) is 26.4 Å². The summed E-state index contributed by atoms with van der Waals surface area (Å²) in [5.74, 6) is 1.63. The summed E-state index contributed by atoms with van der Waals surface area (Å²) in [7, 11) is 0. The van der Waals surface area contributed by atoms with Crippen LogP contribution in [-0.4, -0.2) is 36.6 Å². The zero-order valence-electron chi connectivity index (χ0n) is 16.9. The van der Waals surface area contributed by atoms with Crippen molar-refractivity contribution in [3.63, 3.8) is 0 Å². The van der Waals surface area contributed by atoms with Crippen LogP contribution in [0, 0.1) is 13.8 Å². The lowest BCUT2D eigenvalue weighted by atomic mass is 9.70. The van der Waals surface area contributed by atoms with E-state index in [9.17, 15) is 0 Å². The van der Waals surface area contributed by atoms with Crippen molar-refractivity contribution in [3.05, 3.63) is 58.7 Å². The van der Waals surface area contributed by atoms with Crippen molar-refractivity contribution in [2.24, 2.45) is 0 Å². The molecule has 0 fully saturated rings. The first-order valence-corrected chi connectivity index (χ1v) is 9.72. The summed E-state index contributed by atoms with van der Waals surface area (Å²) in [6.45, 7) is 9.18. The molecule has 0 amide bonds. The van der Waals surface area contributed by atoms with Crippen molar-refractivity contribution in [3.8, 4) is 11.5 Å². The third kappa shape index (κ3) is 4.63. The highest BCUT2D eigenvalue weighted by Crippen LogP contribution is 2.41. The molecule has 2 N–H and O–H groups in total. The van der Waals surface area contributed by atoms with Gasteiger partial charge in [-0.2, -0.15) is 0 Å². The molecule has 0 aliphatic heterocycles. The maximum atomic E-state index is 8.98. The molecule has 0 aliphatic carbocycles. The Morgan fingerprint density at radius 2 is 1.15 bits per heavy atom. The van der Waals surface area contributed by atoms with E-state index < -0.39 is 0 Å². The summed E-state index contributed by atoms with van der Waals surface area (Å²) in [5.41, 5.74) is 4.61. The molecule has 2 aromatic carbocycles. The molecule has 4 heteroatoms. The number of hydrogen-bond donors (Lipinski definition) is 2. The van der Waals surface area contributed by atoms with E-state index in [1.165, 1.54) is 11.1 Å². The minimum Gasteiger partial charge on any atom is -0.491 e. The fourth-order valence-corrected chi connectivity index (χ4v) is 3.76. The SMILES string of the molecule is CCC(CC)(c1ccc(OCCO)c(C)c1)c1ccc(OCCO)c(C)c1. The molecule has 0 bridgehead atoms. The van der Waals surface area contributed by atoms with Gasteiger partial charge in [-0.15, -0.1) is 0 Å². The Morgan fingerprint density at radius 1 is 0.741 bits per heavy atom. The van der Waals surface area contributed by atoms with Crippen LogP contribution in [0.4, 0.5) is 0 Å². The fourth-order valence-electron chi connectivity index (χ4n) is 3.76. The van der Waals surface area contributed by atoms with Gasteiger partial charge >= 0.3 is 0 Å². The molecule has 0 radical (unpaired) electrons. The first kappa shape index (κ1) is 21.3. The van der Waals surface area contributed by atoms with Crippen molar-refractivity contribution in [2.45, 2.75) is 46.0 Å². The van der Waals surface area contributed by atoms with Gasteiger partial charge in [0.15, 0.2) is 0 Å². The fraction of sp³-hybridized carbons (Fsp3) is 0.478. The zero-order chi connectivity index (χ0) is 19.9. The zero-order valence-corrected chi connectivity index (χ0v) is 16.9. The van der Waals surface area contributed by atoms with Crippen LogP contribution >= 0.6 is 0 Å². The lowest BCUT2D eigenvalue weighted by Gasteiger charge is -2.34. The number of hydrogen-bond acceptors (Lipinski definition) is 4. The van der Waals surface area contributed by atoms with E-state index in [-0.39, 0.29) is 18.6 Å². The second-order valence-corrected chi connectivity index (χ2v) is 6.89. The van der Waals surface area contributed by atoms with E-state index in [0.29, 0.717) is 13.2 Å². The highest BCUT2D eigenvalue weighted by Gasteiger charge is 2.31. The molecule has 2 aromatic rings. The van der Waals surface area contributed by atoms with Gasteiger partial charge in [0.05, 0.1) is 13.2 Å². The predicted molar refractivity (Wildman–Crippen MR) is 109 cm³/mol. The highest BCUT2D eigenvalue weighted by atomic mass is 16.5. The van der Waals surface area contributed by atoms with E-state index in [1.807, 2.05) is 26.0 Å². The predicted octanol–water partition coefficient (Wildman–Crippen LogP) is 4.15. The maximum absolute atomic E-state index is 8.98. The molecule has 0 saturated carbocycles. The van der Waals surface area contributed by atoms with Crippen LogP contribution in [0.5, 0.6) is 11.5 Å². The van der Waals surface area contributed by atoms with Crippen molar-refractivity contribution < 1.29 is 19.7 Å². The smallest absolute Gasteiger partial charge is 0.122 e. The Morgan fingerprint density at radius 3 is 1.44 bits per heavy atom. The summed E-state index contributed by atoms with van der Waals surface area (Å²) in [6.07, 6.45) is 1.96. The summed E-state index contributed by atoms with van der Waals surface area (Å²) in [6, 6.07) is 12.7. The van der Waals surface area contributed by atoms with Gasteiger partial charge < -0.3 is 19.7 Å². The van der Waals surface area contributed by atoms with Gasteiger partial charge in [-0.3, -0.25) is 0 Å². The van der Waals surface area contributed by atoms with Crippen LogP contribution in [-0.2, 0) is 5.41 Å². The van der Waals surface area contributed by atoms with Crippen LogP contribution in [0.2, 0.25) is 0 Å². The monoisotopic (exact) mass is 372 g/mol. The van der Waals surface area contributed by atoms with Gasteiger partial charge in [-0.05, 0) is 61.1 Å². The molecule has 0 heterocycles. The van der Waals surface area contributed by atoms with E-state index in [0.717, 1.165) is 35.5 Å². The summed E-state index contributed by atoms with van der Waals surface area (Å²) in [4.78, 5) is 0. The van der Waals surface area contributed by atoms with Gasteiger partial charge in [-0.1, -0.05) is 38.1 Å². The van der Waals surface area contributed by atoms with Gasteiger partial charge in [-0.25, -0.2) is 0 Å². The average molecular weight is 373 g/mol. The molecule has 2 rings (SSSR count). The normalized spacial score (nSPS) is 11.5. The van der Waals surface area contributed by atoms with E-state index in [1.54, 1.807) is 0 Å². The lowest BCUT2D eigenvalue weighted by molar-refractivity contribution is 0.200. The Balaban J connectivity index is 2.42. The largest absolute Gasteiger partial charge is 0.491 e. The maximum Gasteiger partial charge on any atom is 0.122 e. The lowest BCUT2D eigenvalue weighted by Crippen LogP contribution is -2.26.